The van der Waals surface area contributed by atoms with Gasteiger partial charge in [0.05, 0.1) is 11.0 Å². The van der Waals surface area contributed by atoms with Crippen molar-refractivity contribution in [1.82, 2.24) is 4.72 Å². The maximum absolute atomic E-state index is 12.8. The molecule has 0 bridgehead atoms. The summed E-state index contributed by atoms with van der Waals surface area (Å²) in [5.74, 6) is -0.477. The summed E-state index contributed by atoms with van der Waals surface area (Å²) >= 11 is 0. The van der Waals surface area contributed by atoms with Crippen molar-refractivity contribution in [2.75, 3.05) is 6.54 Å². The molecule has 0 aliphatic rings. The van der Waals surface area contributed by atoms with E-state index < -0.39 is 21.9 Å². The van der Waals surface area contributed by atoms with Gasteiger partial charge in [0.1, 0.15) is 5.82 Å². The van der Waals surface area contributed by atoms with Crippen molar-refractivity contribution in [3.8, 4) is 0 Å². The monoisotopic (exact) mass is 261 g/mol. The highest BCUT2D eigenvalue weighted by molar-refractivity contribution is 7.89. The summed E-state index contributed by atoms with van der Waals surface area (Å²) in [7, 11) is -3.69. The van der Waals surface area contributed by atoms with Crippen LogP contribution in [0.4, 0.5) is 4.39 Å². The van der Waals surface area contributed by atoms with E-state index in [0.29, 0.717) is 12.0 Å². The zero-order valence-corrected chi connectivity index (χ0v) is 10.6. The quantitative estimate of drug-likeness (QED) is 0.836. The van der Waals surface area contributed by atoms with Gasteiger partial charge in [-0.2, -0.15) is 0 Å². The summed E-state index contributed by atoms with van der Waals surface area (Å²) in [6.07, 6.45) is -0.254. The molecular weight excluding hydrogens is 245 g/mol. The van der Waals surface area contributed by atoms with Crippen LogP contribution in [0.25, 0.3) is 0 Å². The lowest BCUT2D eigenvalue weighted by Gasteiger charge is -2.11. The number of hydrogen-bond donors (Lipinski definition) is 2. The molecule has 17 heavy (non-hydrogen) atoms. The average Bonchev–Trinajstić information content (AvgIpc) is 2.25. The van der Waals surface area contributed by atoms with Crippen molar-refractivity contribution in [2.24, 2.45) is 0 Å². The summed E-state index contributed by atoms with van der Waals surface area (Å²) in [5, 5.41) is 9.29. The molecule has 0 saturated carbocycles. The van der Waals surface area contributed by atoms with Gasteiger partial charge in [0.2, 0.25) is 10.0 Å². The van der Waals surface area contributed by atoms with Gasteiger partial charge in [-0.1, -0.05) is 6.92 Å². The second-order valence-corrected chi connectivity index (χ2v) is 5.56. The van der Waals surface area contributed by atoms with Crippen LogP contribution in [0.1, 0.15) is 18.9 Å². The van der Waals surface area contributed by atoms with Crippen molar-refractivity contribution in [2.45, 2.75) is 31.3 Å². The highest BCUT2D eigenvalue weighted by Crippen LogP contribution is 2.15. The number of benzene rings is 1. The molecule has 1 unspecified atom stereocenters. The number of hydrogen-bond acceptors (Lipinski definition) is 3. The van der Waals surface area contributed by atoms with E-state index in [1.165, 1.54) is 13.0 Å². The van der Waals surface area contributed by atoms with E-state index in [9.17, 15) is 17.9 Å². The summed E-state index contributed by atoms with van der Waals surface area (Å²) in [6.45, 7) is 3.23. The second-order valence-electron chi connectivity index (χ2n) is 3.82. The van der Waals surface area contributed by atoms with Crippen molar-refractivity contribution < 1.29 is 17.9 Å². The van der Waals surface area contributed by atoms with E-state index >= 15 is 0 Å². The summed E-state index contributed by atoms with van der Waals surface area (Å²) in [6, 6.07) is 3.47. The molecule has 1 aromatic rings. The van der Waals surface area contributed by atoms with Crippen LogP contribution in [-0.4, -0.2) is 26.2 Å². The van der Waals surface area contributed by atoms with Gasteiger partial charge in [-0.3, -0.25) is 0 Å². The van der Waals surface area contributed by atoms with E-state index in [1.54, 1.807) is 6.92 Å². The fourth-order valence-corrected chi connectivity index (χ4v) is 2.64. The normalized spacial score (nSPS) is 13.6. The predicted octanol–water partition coefficient (Wildman–Crippen LogP) is 1.18. The first-order chi connectivity index (χ1) is 7.86. The third kappa shape index (κ3) is 3.76. The van der Waals surface area contributed by atoms with E-state index in [4.69, 9.17) is 0 Å². The Kier molecular flexibility index (Phi) is 4.62. The number of sulfonamides is 1. The Labute approximate surface area is 101 Å². The zero-order valence-electron chi connectivity index (χ0n) is 9.77. The minimum Gasteiger partial charge on any atom is -0.392 e. The van der Waals surface area contributed by atoms with Crippen LogP contribution in [0.2, 0.25) is 0 Å². The second kappa shape index (κ2) is 5.57. The Hall–Kier alpha value is -0.980. The molecule has 0 fully saturated rings. The first-order valence-corrected chi connectivity index (χ1v) is 6.79. The Morgan fingerprint density at radius 2 is 2.12 bits per heavy atom. The number of aliphatic hydroxyl groups excluding tert-OH is 1. The molecule has 0 aliphatic carbocycles. The summed E-state index contributed by atoms with van der Waals surface area (Å²) < 4.78 is 38.8. The van der Waals surface area contributed by atoms with Crippen LogP contribution < -0.4 is 4.72 Å². The molecule has 0 saturated heterocycles. The molecule has 0 heterocycles. The lowest BCUT2D eigenvalue weighted by Crippen LogP contribution is -2.32. The fraction of sp³-hybridized carbons (Fsp3) is 0.455. The van der Waals surface area contributed by atoms with Gasteiger partial charge < -0.3 is 5.11 Å². The molecule has 0 amide bonds. The van der Waals surface area contributed by atoms with Crippen LogP contribution in [0, 0.1) is 12.7 Å². The van der Waals surface area contributed by atoms with Gasteiger partial charge in [0.15, 0.2) is 0 Å². The number of aliphatic hydroxyl groups is 1. The molecule has 1 rings (SSSR count). The standard InChI is InChI=1S/C11H16FNO3S/c1-3-10(14)7-13-17(15,16)11-5-4-9(12)6-8(11)2/h4-6,10,13-14H,3,7H2,1-2H3. The zero-order chi connectivity index (χ0) is 13.1. The van der Waals surface area contributed by atoms with Gasteiger partial charge in [-0.05, 0) is 37.1 Å². The first kappa shape index (κ1) is 14.1. The van der Waals surface area contributed by atoms with Gasteiger partial charge in [-0.25, -0.2) is 17.5 Å². The lowest BCUT2D eigenvalue weighted by atomic mass is 10.2. The minimum absolute atomic E-state index is 0.0298. The molecular formula is C11H16FNO3S. The highest BCUT2D eigenvalue weighted by atomic mass is 32.2. The van der Waals surface area contributed by atoms with Gasteiger partial charge in [-0.15, -0.1) is 0 Å². The smallest absolute Gasteiger partial charge is 0.240 e. The van der Waals surface area contributed by atoms with Crippen LogP contribution in [-0.2, 0) is 10.0 Å². The average molecular weight is 261 g/mol. The molecule has 96 valence electrons. The molecule has 0 spiro atoms. The summed E-state index contributed by atoms with van der Waals surface area (Å²) in [4.78, 5) is 0.0298. The van der Waals surface area contributed by atoms with E-state index in [-0.39, 0.29) is 11.4 Å². The highest BCUT2D eigenvalue weighted by Gasteiger charge is 2.17. The van der Waals surface area contributed by atoms with E-state index in [0.717, 1.165) is 12.1 Å². The SMILES string of the molecule is CCC(O)CNS(=O)(=O)c1ccc(F)cc1C. The Morgan fingerprint density at radius 1 is 1.47 bits per heavy atom. The van der Waals surface area contributed by atoms with Gasteiger partial charge >= 0.3 is 0 Å². The predicted molar refractivity (Wildman–Crippen MR) is 62.6 cm³/mol. The third-order valence-corrected chi connectivity index (χ3v) is 3.99. The maximum atomic E-state index is 12.8. The van der Waals surface area contributed by atoms with Gasteiger partial charge in [0.25, 0.3) is 0 Å². The van der Waals surface area contributed by atoms with Crippen molar-refractivity contribution in [3.63, 3.8) is 0 Å². The van der Waals surface area contributed by atoms with Crippen LogP contribution in [0.3, 0.4) is 0 Å². The van der Waals surface area contributed by atoms with Crippen LogP contribution in [0.15, 0.2) is 23.1 Å². The molecule has 0 radical (unpaired) electrons. The van der Waals surface area contributed by atoms with Crippen molar-refractivity contribution in [1.29, 1.82) is 0 Å². The molecule has 1 aromatic carbocycles. The maximum Gasteiger partial charge on any atom is 0.240 e. The van der Waals surface area contributed by atoms with Crippen molar-refractivity contribution in [3.05, 3.63) is 29.6 Å². The minimum atomic E-state index is -3.69. The topological polar surface area (TPSA) is 66.4 Å². The number of nitrogens with one attached hydrogen (secondary N) is 1. The Bertz CT molecular complexity index is 487. The largest absolute Gasteiger partial charge is 0.392 e. The Balaban J connectivity index is 2.90. The first-order valence-electron chi connectivity index (χ1n) is 5.30. The molecule has 1 atom stereocenters. The van der Waals surface area contributed by atoms with Gasteiger partial charge in [0, 0.05) is 6.54 Å². The van der Waals surface area contributed by atoms with Crippen LogP contribution in [0.5, 0.6) is 0 Å². The van der Waals surface area contributed by atoms with E-state index in [2.05, 4.69) is 4.72 Å². The number of aryl methyl sites for hydroxylation is 1. The molecule has 6 heteroatoms. The lowest BCUT2D eigenvalue weighted by molar-refractivity contribution is 0.174. The molecule has 0 aromatic heterocycles. The number of rotatable bonds is 5. The van der Waals surface area contributed by atoms with Crippen LogP contribution >= 0.6 is 0 Å². The third-order valence-electron chi connectivity index (χ3n) is 2.41. The fourth-order valence-electron chi connectivity index (χ4n) is 1.34. The Morgan fingerprint density at radius 3 is 2.65 bits per heavy atom. The number of halogens is 1. The van der Waals surface area contributed by atoms with Crippen molar-refractivity contribution >= 4 is 10.0 Å². The molecule has 4 nitrogen and oxygen atoms in total. The van der Waals surface area contributed by atoms with E-state index in [1.807, 2.05) is 0 Å². The molecule has 2 N–H and O–H groups in total. The molecule has 0 aliphatic heterocycles. The summed E-state index contributed by atoms with van der Waals surface area (Å²) in [5.41, 5.74) is 0.337.